The molecule has 2 aliphatic carbocycles. The van der Waals surface area contributed by atoms with Crippen LogP contribution in [0.4, 0.5) is 4.39 Å². The lowest BCUT2D eigenvalue weighted by atomic mass is 10.0. The summed E-state index contributed by atoms with van der Waals surface area (Å²) in [7, 11) is 0. The number of allylic oxidation sites excluding steroid dienone is 2. The Kier molecular flexibility index (Phi) is 1.31. The van der Waals surface area contributed by atoms with E-state index in [2.05, 4.69) is 6.92 Å². The van der Waals surface area contributed by atoms with Crippen molar-refractivity contribution in [1.82, 2.24) is 0 Å². The topological polar surface area (TPSA) is 0 Å². The van der Waals surface area contributed by atoms with Gasteiger partial charge in [0.25, 0.3) is 0 Å². The molecule has 0 nitrogen and oxygen atoms in total. The minimum Gasteiger partial charge on any atom is -0.242 e. The van der Waals surface area contributed by atoms with Crippen molar-refractivity contribution in [2.45, 2.75) is 25.9 Å². The summed E-state index contributed by atoms with van der Waals surface area (Å²) in [5.74, 6) is 0.700. The second-order valence-corrected chi connectivity index (χ2v) is 3.56. The van der Waals surface area contributed by atoms with Gasteiger partial charge in [0.2, 0.25) is 0 Å². The van der Waals surface area contributed by atoms with Crippen molar-refractivity contribution in [3.63, 3.8) is 0 Å². The molecule has 1 saturated carbocycles. The van der Waals surface area contributed by atoms with Gasteiger partial charge in [-0.1, -0.05) is 18.5 Å². The molecule has 3 unspecified atom stereocenters. The quantitative estimate of drug-likeness (QED) is 0.554. The minimum absolute atomic E-state index is 0.220. The van der Waals surface area contributed by atoms with Crippen molar-refractivity contribution < 1.29 is 4.39 Å². The summed E-state index contributed by atoms with van der Waals surface area (Å²) in [4.78, 5) is 0. The van der Waals surface area contributed by atoms with Gasteiger partial charge >= 0.3 is 0 Å². The van der Waals surface area contributed by atoms with Crippen molar-refractivity contribution >= 4 is 11.6 Å². The molecule has 0 radical (unpaired) electrons. The van der Waals surface area contributed by atoms with E-state index in [1.54, 1.807) is 0 Å². The summed E-state index contributed by atoms with van der Waals surface area (Å²) in [5.41, 5.74) is 0.911. The molecule has 2 heteroatoms. The van der Waals surface area contributed by atoms with Crippen LogP contribution in [0.3, 0.4) is 0 Å². The first-order valence-electron chi connectivity index (χ1n) is 3.79. The summed E-state index contributed by atoms with van der Waals surface area (Å²) < 4.78 is 12.6. The highest BCUT2D eigenvalue weighted by Crippen LogP contribution is 2.57. The summed E-state index contributed by atoms with van der Waals surface area (Å²) in [6.07, 6.45) is 1.35. The Bertz CT molecular complexity index is 197. The molecule has 0 aromatic carbocycles. The third-order valence-corrected chi connectivity index (χ3v) is 3.13. The largest absolute Gasteiger partial charge is 0.242 e. The average molecular weight is 161 g/mol. The standard InChI is InChI=1S/C8H10ClF/c1-2-4-3-5-6(7(4)9)8(5)10/h4-5,8H,2-3H2,1H3. The molecule has 10 heavy (non-hydrogen) atoms. The maximum atomic E-state index is 12.6. The third-order valence-electron chi connectivity index (χ3n) is 2.61. The van der Waals surface area contributed by atoms with Crippen LogP contribution in [0, 0.1) is 11.8 Å². The molecular formula is C8H10ClF. The Morgan fingerprint density at radius 1 is 1.70 bits per heavy atom. The van der Waals surface area contributed by atoms with E-state index in [1.807, 2.05) is 0 Å². The first-order valence-corrected chi connectivity index (χ1v) is 4.17. The minimum atomic E-state index is -0.671. The van der Waals surface area contributed by atoms with Gasteiger partial charge in [0, 0.05) is 11.0 Å². The fraction of sp³-hybridized carbons (Fsp3) is 0.750. The Hall–Kier alpha value is -0.0400. The van der Waals surface area contributed by atoms with Crippen LogP contribution >= 0.6 is 11.6 Å². The van der Waals surface area contributed by atoms with E-state index < -0.39 is 6.17 Å². The predicted octanol–water partition coefficient (Wildman–Crippen LogP) is 2.88. The van der Waals surface area contributed by atoms with Gasteiger partial charge in [-0.2, -0.15) is 0 Å². The highest BCUT2D eigenvalue weighted by atomic mass is 35.5. The van der Waals surface area contributed by atoms with Crippen molar-refractivity contribution in [3.8, 4) is 0 Å². The smallest absolute Gasteiger partial charge is 0.130 e. The van der Waals surface area contributed by atoms with Gasteiger partial charge in [-0.15, -0.1) is 0 Å². The van der Waals surface area contributed by atoms with Gasteiger partial charge in [-0.25, -0.2) is 4.39 Å². The highest BCUT2D eigenvalue weighted by molar-refractivity contribution is 6.31. The molecule has 2 rings (SSSR count). The third kappa shape index (κ3) is 0.672. The molecule has 0 spiro atoms. The van der Waals surface area contributed by atoms with Crippen LogP contribution in [0.5, 0.6) is 0 Å². The van der Waals surface area contributed by atoms with E-state index in [-0.39, 0.29) is 5.92 Å². The zero-order valence-electron chi connectivity index (χ0n) is 5.90. The van der Waals surface area contributed by atoms with Crippen LogP contribution in [0.1, 0.15) is 19.8 Å². The van der Waals surface area contributed by atoms with Gasteiger partial charge in [-0.3, -0.25) is 0 Å². The van der Waals surface area contributed by atoms with Crippen molar-refractivity contribution in [2.24, 2.45) is 11.8 Å². The fourth-order valence-corrected chi connectivity index (χ4v) is 2.32. The van der Waals surface area contributed by atoms with E-state index in [0.29, 0.717) is 5.92 Å². The number of rotatable bonds is 1. The molecule has 56 valence electrons. The molecule has 0 aromatic heterocycles. The van der Waals surface area contributed by atoms with Crippen molar-refractivity contribution in [2.75, 3.05) is 0 Å². The molecular weight excluding hydrogens is 151 g/mol. The van der Waals surface area contributed by atoms with Crippen LogP contribution in [-0.4, -0.2) is 6.17 Å². The van der Waals surface area contributed by atoms with Gasteiger partial charge in [0.15, 0.2) is 0 Å². The van der Waals surface area contributed by atoms with Gasteiger partial charge in [0.1, 0.15) is 6.17 Å². The van der Waals surface area contributed by atoms with E-state index >= 15 is 0 Å². The zero-order valence-corrected chi connectivity index (χ0v) is 6.66. The maximum Gasteiger partial charge on any atom is 0.130 e. The molecule has 0 N–H and O–H groups in total. The van der Waals surface area contributed by atoms with Crippen LogP contribution in [-0.2, 0) is 0 Å². The average Bonchev–Trinajstić information content (AvgIpc) is 2.38. The van der Waals surface area contributed by atoms with Crippen LogP contribution in [0.2, 0.25) is 0 Å². The lowest BCUT2D eigenvalue weighted by molar-refractivity contribution is 0.407. The summed E-state index contributed by atoms with van der Waals surface area (Å²) >= 11 is 5.90. The number of hydrogen-bond acceptors (Lipinski definition) is 0. The van der Waals surface area contributed by atoms with Gasteiger partial charge < -0.3 is 0 Å². The highest BCUT2D eigenvalue weighted by Gasteiger charge is 2.53. The van der Waals surface area contributed by atoms with Gasteiger partial charge in [0.05, 0.1) is 0 Å². The molecule has 0 bridgehead atoms. The van der Waals surface area contributed by atoms with Crippen LogP contribution < -0.4 is 0 Å². The number of alkyl halides is 1. The second-order valence-electron chi connectivity index (χ2n) is 3.15. The lowest BCUT2D eigenvalue weighted by Crippen LogP contribution is -1.98. The molecule has 0 aromatic rings. The Morgan fingerprint density at radius 3 is 2.80 bits per heavy atom. The van der Waals surface area contributed by atoms with E-state index in [0.717, 1.165) is 23.4 Å². The van der Waals surface area contributed by atoms with Crippen LogP contribution in [0.15, 0.2) is 10.6 Å². The molecule has 0 saturated heterocycles. The molecule has 0 aliphatic heterocycles. The SMILES string of the molecule is CCC1CC2C(=C1Cl)C2F. The molecule has 3 atom stereocenters. The van der Waals surface area contributed by atoms with Crippen LogP contribution in [0.25, 0.3) is 0 Å². The number of hydrogen-bond donors (Lipinski definition) is 0. The molecule has 0 heterocycles. The molecule has 1 fully saturated rings. The predicted molar refractivity (Wildman–Crippen MR) is 39.7 cm³/mol. The number of halogens is 2. The summed E-state index contributed by atoms with van der Waals surface area (Å²) in [6, 6.07) is 0. The molecule has 0 amide bonds. The Morgan fingerprint density at radius 2 is 2.40 bits per heavy atom. The Labute approximate surface area is 65.1 Å². The van der Waals surface area contributed by atoms with Gasteiger partial charge in [-0.05, 0) is 24.3 Å². The first kappa shape index (κ1) is 6.66. The maximum absolute atomic E-state index is 12.6. The zero-order chi connectivity index (χ0) is 7.30. The summed E-state index contributed by atoms with van der Waals surface area (Å²) in [5, 5.41) is 0.833. The lowest BCUT2D eigenvalue weighted by Gasteiger charge is -2.08. The van der Waals surface area contributed by atoms with E-state index in [4.69, 9.17) is 11.6 Å². The normalized spacial score (nSPS) is 44.1. The monoisotopic (exact) mass is 160 g/mol. The number of fused-ring (bicyclic) bond motifs is 1. The van der Waals surface area contributed by atoms with Crippen molar-refractivity contribution in [3.05, 3.63) is 10.6 Å². The van der Waals surface area contributed by atoms with E-state index in [9.17, 15) is 4.39 Å². The second kappa shape index (κ2) is 1.97. The first-order chi connectivity index (χ1) is 4.75. The molecule has 2 aliphatic rings. The van der Waals surface area contributed by atoms with E-state index in [1.165, 1.54) is 0 Å². The summed E-state index contributed by atoms with van der Waals surface area (Å²) in [6.45, 7) is 2.10. The van der Waals surface area contributed by atoms with Crippen molar-refractivity contribution in [1.29, 1.82) is 0 Å². The fourth-order valence-electron chi connectivity index (χ4n) is 1.83. The Balaban J connectivity index is 2.19.